The van der Waals surface area contributed by atoms with E-state index in [1.54, 1.807) is 36.4 Å². The normalized spacial score (nSPS) is 11.1. The van der Waals surface area contributed by atoms with Gasteiger partial charge in [0.2, 0.25) is 0 Å². The number of fused-ring (bicyclic) bond motifs is 1. The third-order valence-electron chi connectivity index (χ3n) is 3.37. The van der Waals surface area contributed by atoms with E-state index in [1.807, 2.05) is 6.92 Å². The molecule has 1 aromatic heterocycles. The number of aromatic hydroxyl groups is 1. The van der Waals surface area contributed by atoms with E-state index < -0.39 is 0 Å². The second-order valence-electron chi connectivity index (χ2n) is 5.06. The average Bonchev–Trinajstić information content (AvgIpc) is 2.97. The second kappa shape index (κ2) is 7.18. The molecule has 0 aliphatic carbocycles. The molecule has 0 spiro atoms. The zero-order valence-electron chi connectivity index (χ0n) is 13.4. The molecule has 0 fully saturated rings. The van der Waals surface area contributed by atoms with Gasteiger partial charge in [0, 0.05) is 11.1 Å². The van der Waals surface area contributed by atoms with Crippen LogP contribution < -0.4 is 15.9 Å². The lowest BCUT2D eigenvalue weighted by Crippen LogP contribution is -2.17. The van der Waals surface area contributed by atoms with Crippen molar-refractivity contribution in [1.82, 2.24) is 10.4 Å². The predicted octanol–water partition coefficient (Wildman–Crippen LogP) is 2.75. The van der Waals surface area contributed by atoms with Crippen molar-refractivity contribution >= 4 is 38.8 Å². The molecular weight excluding hydrogens is 340 g/mol. The SMILES string of the molecule is CCOc1cccc(/C=N\NC(=O)c2ccc3nc(N)sc3c2)c1O. The maximum atomic E-state index is 12.2. The number of para-hydroxylation sites is 1. The van der Waals surface area contributed by atoms with Crippen LogP contribution in [0.1, 0.15) is 22.8 Å². The van der Waals surface area contributed by atoms with Crippen molar-refractivity contribution in [1.29, 1.82) is 0 Å². The van der Waals surface area contributed by atoms with E-state index >= 15 is 0 Å². The molecule has 128 valence electrons. The monoisotopic (exact) mass is 356 g/mol. The first-order chi connectivity index (χ1) is 12.1. The zero-order valence-corrected chi connectivity index (χ0v) is 14.2. The highest BCUT2D eigenvalue weighted by atomic mass is 32.1. The van der Waals surface area contributed by atoms with Crippen LogP contribution in [0, 0.1) is 0 Å². The van der Waals surface area contributed by atoms with Gasteiger partial charge in [0.1, 0.15) is 0 Å². The third-order valence-corrected chi connectivity index (χ3v) is 4.21. The summed E-state index contributed by atoms with van der Waals surface area (Å²) in [7, 11) is 0. The van der Waals surface area contributed by atoms with Crippen molar-refractivity contribution in [3.63, 3.8) is 0 Å². The number of rotatable bonds is 5. The fraction of sp³-hybridized carbons (Fsp3) is 0.118. The van der Waals surface area contributed by atoms with Crippen molar-refractivity contribution in [2.45, 2.75) is 6.92 Å². The smallest absolute Gasteiger partial charge is 0.271 e. The highest BCUT2D eigenvalue weighted by Crippen LogP contribution is 2.28. The summed E-state index contributed by atoms with van der Waals surface area (Å²) in [6, 6.07) is 10.2. The Morgan fingerprint density at radius 1 is 1.44 bits per heavy atom. The Hall–Kier alpha value is -3.13. The highest BCUT2D eigenvalue weighted by molar-refractivity contribution is 7.22. The van der Waals surface area contributed by atoms with Gasteiger partial charge in [-0.3, -0.25) is 4.79 Å². The van der Waals surface area contributed by atoms with E-state index in [-0.39, 0.29) is 11.7 Å². The number of hydrogen-bond donors (Lipinski definition) is 3. The maximum absolute atomic E-state index is 12.2. The fourth-order valence-corrected chi connectivity index (χ4v) is 3.00. The number of hydrazone groups is 1. The molecule has 0 aliphatic heterocycles. The van der Waals surface area contributed by atoms with E-state index in [2.05, 4.69) is 15.5 Å². The number of benzene rings is 2. The molecule has 1 amide bonds. The molecule has 25 heavy (non-hydrogen) atoms. The standard InChI is InChI=1S/C17H16N4O3S/c1-2-24-13-5-3-4-11(15(13)22)9-19-21-16(23)10-6-7-12-14(8-10)25-17(18)20-12/h3-9,22H,2H2,1H3,(H2,18,20)(H,21,23)/b19-9-. The number of phenols is 1. The first-order valence-electron chi connectivity index (χ1n) is 7.52. The molecule has 8 heteroatoms. The summed E-state index contributed by atoms with van der Waals surface area (Å²) in [4.78, 5) is 16.3. The number of ether oxygens (including phenoxy) is 1. The topological polar surface area (TPSA) is 110 Å². The lowest BCUT2D eigenvalue weighted by atomic mass is 10.2. The largest absolute Gasteiger partial charge is 0.504 e. The molecule has 1 heterocycles. The maximum Gasteiger partial charge on any atom is 0.271 e. The van der Waals surface area contributed by atoms with Crippen molar-refractivity contribution in [3.05, 3.63) is 47.5 Å². The first-order valence-corrected chi connectivity index (χ1v) is 8.34. The van der Waals surface area contributed by atoms with Crippen molar-refractivity contribution in [2.75, 3.05) is 12.3 Å². The van der Waals surface area contributed by atoms with Gasteiger partial charge in [-0.2, -0.15) is 5.10 Å². The molecule has 2 aromatic carbocycles. The number of phenolic OH excluding ortho intramolecular Hbond substituents is 1. The number of hydrogen-bond acceptors (Lipinski definition) is 7. The van der Waals surface area contributed by atoms with Gasteiger partial charge in [0.05, 0.1) is 23.0 Å². The molecule has 0 atom stereocenters. The van der Waals surface area contributed by atoms with Gasteiger partial charge >= 0.3 is 0 Å². The Labute approximate surface area is 147 Å². The number of nitrogens with two attached hydrogens (primary N) is 1. The zero-order chi connectivity index (χ0) is 17.8. The molecule has 3 rings (SSSR count). The van der Waals surface area contributed by atoms with Crippen LogP contribution in [0.2, 0.25) is 0 Å². The predicted molar refractivity (Wildman–Crippen MR) is 98.4 cm³/mol. The molecule has 0 radical (unpaired) electrons. The van der Waals surface area contributed by atoms with Gasteiger partial charge in [-0.1, -0.05) is 17.4 Å². The van der Waals surface area contributed by atoms with Crippen molar-refractivity contribution < 1.29 is 14.6 Å². The molecule has 7 nitrogen and oxygen atoms in total. The van der Waals surface area contributed by atoms with Gasteiger partial charge in [-0.25, -0.2) is 10.4 Å². The van der Waals surface area contributed by atoms with Crippen LogP contribution in [0.5, 0.6) is 11.5 Å². The Morgan fingerprint density at radius 2 is 2.28 bits per heavy atom. The Balaban J connectivity index is 1.72. The van der Waals surface area contributed by atoms with Crippen LogP contribution in [-0.4, -0.2) is 28.8 Å². The lowest BCUT2D eigenvalue weighted by Gasteiger charge is -2.07. The number of thiazole rings is 1. The molecule has 0 saturated heterocycles. The average molecular weight is 356 g/mol. The Morgan fingerprint density at radius 3 is 3.08 bits per heavy atom. The van der Waals surface area contributed by atoms with E-state index in [0.29, 0.717) is 28.6 Å². The number of aromatic nitrogens is 1. The number of nitrogens with one attached hydrogen (secondary N) is 1. The number of amides is 1. The molecule has 3 aromatic rings. The molecule has 0 bridgehead atoms. The van der Waals surface area contributed by atoms with Crippen LogP contribution in [-0.2, 0) is 0 Å². The molecule has 0 unspecified atom stereocenters. The number of carbonyl (C=O) groups is 1. The minimum atomic E-state index is -0.370. The lowest BCUT2D eigenvalue weighted by molar-refractivity contribution is 0.0955. The van der Waals surface area contributed by atoms with Crippen LogP contribution in [0.25, 0.3) is 10.2 Å². The first kappa shape index (κ1) is 16.7. The summed E-state index contributed by atoms with van der Waals surface area (Å²) >= 11 is 1.31. The van der Waals surface area contributed by atoms with Crippen LogP contribution in [0.15, 0.2) is 41.5 Å². The number of carbonyl (C=O) groups excluding carboxylic acids is 1. The number of anilines is 1. The summed E-state index contributed by atoms with van der Waals surface area (Å²) in [5, 5.41) is 14.4. The summed E-state index contributed by atoms with van der Waals surface area (Å²) in [5.41, 5.74) is 9.72. The van der Waals surface area contributed by atoms with Crippen molar-refractivity contribution in [3.8, 4) is 11.5 Å². The quantitative estimate of drug-likeness (QED) is 0.481. The van der Waals surface area contributed by atoms with E-state index in [1.165, 1.54) is 17.6 Å². The Bertz CT molecular complexity index is 952. The fourth-order valence-electron chi connectivity index (χ4n) is 2.22. The van der Waals surface area contributed by atoms with Crippen LogP contribution >= 0.6 is 11.3 Å². The van der Waals surface area contributed by atoms with Crippen molar-refractivity contribution in [2.24, 2.45) is 5.10 Å². The summed E-state index contributed by atoms with van der Waals surface area (Å²) in [6.45, 7) is 2.27. The van der Waals surface area contributed by atoms with Gasteiger partial charge < -0.3 is 15.6 Å². The second-order valence-corrected chi connectivity index (χ2v) is 6.12. The molecule has 0 aliphatic rings. The highest BCUT2D eigenvalue weighted by Gasteiger charge is 2.09. The van der Waals surface area contributed by atoms with E-state index in [4.69, 9.17) is 10.5 Å². The van der Waals surface area contributed by atoms with Gasteiger partial charge in [0.25, 0.3) is 5.91 Å². The van der Waals surface area contributed by atoms with Gasteiger partial charge in [0.15, 0.2) is 16.6 Å². The Kier molecular flexibility index (Phi) is 4.80. The molecule has 0 saturated carbocycles. The minimum absolute atomic E-state index is 0.0242. The summed E-state index contributed by atoms with van der Waals surface area (Å²) in [5.74, 6) is -0.0273. The third kappa shape index (κ3) is 3.69. The molecular formula is C17H16N4O3S. The number of nitrogens with zero attached hydrogens (tertiary/aromatic N) is 2. The van der Waals surface area contributed by atoms with Gasteiger partial charge in [-0.05, 0) is 37.3 Å². The van der Waals surface area contributed by atoms with Gasteiger partial charge in [-0.15, -0.1) is 0 Å². The summed E-state index contributed by atoms with van der Waals surface area (Å²) in [6.07, 6.45) is 1.36. The number of nitrogen functional groups attached to an aromatic ring is 1. The summed E-state index contributed by atoms with van der Waals surface area (Å²) < 4.78 is 6.13. The van der Waals surface area contributed by atoms with Crippen LogP contribution in [0.4, 0.5) is 5.13 Å². The molecule has 4 N–H and O–H groups in total. The van der Waals surface area contributed by atoms with Crippen LogP contribution in [0.3, 0.4) is 0 Å². The van der Waals surface area contributed by atoms with E-state index in [9.17, 15) is 9.90 Å². The minimum Gasteiger partial charge on any atom is -0.504 e. The van der Waals surface area contributed by atoms with E-state index in [0.717, 1.165) is 10.2 Å².